The van der Waals surface area contributed by atoms with Crippen LogP contribution in [-0.2, 0) is 15.6 Å². The molecule has 3 rings (SSSR count). The number of benzene rings is 2. The van der Waals surface area contributed by atoms with Crippen molar-refractivity contribution in [1.82, 2.24) is 0 Å². The van der Waals surface area contributed by atoms with Gasteiger partial charge in [0.15, 0.2) is 0 Å². The number of hydrogen-bond acceptors (Lipinski definition) is 3. The average molecular weight is 310 g/mol. The van der Waals surface area contributed by atoms with Crippen molar-refractivity contribution in [2.75, 3.05) is 0 Å². The van der Waals surface area contributed by atoms with E-state index < -0.39 is 11.9 Å². The normalized spacial score (nSPS) is 15.0. The number of cyclic esters (lactones) is 2. The van der Waals surface area contributed by atoms with Gasteiger partial charge in [0.1, 0.15) is 0 Å². The van der Waals surface area contributed by atoms with Crippen molar-refractivity contribution in [2.24, 2.45) is 0 Å². The largest absolute Gasteiger partial charge is 0.386 e. The number of esters is 2. The Bertz CT molecular complexity index is 779. The van der Waals surface area contributed by atoms with Crippen molar-refractivity contribution in [3.63, 3.8) is 0 Å². The Morgan fingerprint density at radius 2 is 1.09 bits per heavy atom. The SMILES string of the molecule is CC(C)(C)c1cc2c3c(cc(C(C)(C)C)cc3c1)C(=O)OC2=O. The monoisotopic (exact) mass is 310 g/mol. The van der Waals surface area contributed by atoms with E-state index in [9.17, 15) is 9.59 Å². The molecule has 2 aromatic rings. The molecule has 23 heavy (non-hydrogen) atoms. The van der Waals surface area contributed by atoms with E-state index in [4.69, 9.17) is 4.74 Å². The number of ether oxygens (including phenoxy) is 1. The van der Waals surface area contributed by atoms with Crippen LogP contribution >= 0.6 is 0 Å². The molecule has 0 atom stereocenters. The molecule has 0 radical (unpaired) electrons. The van der Waals surface area contributed by atoms with Crippen LogP contribution in [-0.4, -0.2) is 11.9 Å². The lowest BCUT2D eigenvalue weighted by Crippen LogP contribution is -2.23. The van der Waals surface area contributed by atoms with Gasteiger partial charge in [-0.1, -0.05) is 53.7 Å². The van der Waals surface area contributed by atoms with E-state index in [-0.39, 0.29) is 10.8 Å². The quantitative estimate of drug-likeness (QED) is 0.521. The van der Waals surface area contributed by atoms with Crippen molar-refractivity contribution in [1.29, 1.82) is 0 Å². The van der Waals surface area contributed by atoms with Gasteiger partial charge in [0.25, 0.3) is 0 Å². The molecule has 0 fully saturated rings. The van der Waals surface area contributed by atoms with Gasteiger partial charge in [-0.15, -0.1) is 0 Å². The minimum atomic E-state index is -0.554. The van der Waals surface area contributed by atoms with Crippen LogP contribution < -0.4 is 0 Å². The van der Waals surface area contributed by atoms with Crippen molar-refractivity contribution < 1.29 is 14.3 Å². The van der Waals surface area contributed by atoms with E-state index in [1.807, 2.05) is 12.1 Å². The third-order valence-corrected chi connectivity index (χ3v) is 4.41. The molecule has 2 aromatic carbocycles. The van der Waals surface area contributed by atoms with E-state index in [0.717, 1.165) is 16.5 Å². The van der Waals surface area contributed by atoms with Crippen molar-refractivity contribution in [3.05, 3.63) is 46.5 Å². The van der Waals surface area contributed by atoms with Crippen LogP contribution in [0, 0.1) is 0 Å². The Hall–Kier alpha value is -2.16. The number of hydrogen-bond donors (Lipinski definition) is 0. The highest BCUT2D eigenvalue weighted by atomic mass is 16.6. The molecular weight excluding hydrogens is 288 g/mol. The molecule has 1 aliphatic heterocycles. The lowest BCUT2D eigenvalue weighted by Gasteiger charge is -2.26. The van der Waals surface area contributed by atoms with Crippen LogP contribution in [0.5, 0.6) is 0 Å². The maximum Gasteiger partial charge on any atom is 0.346 e. The molecule has 3 nitrogen and oxygen atoms in total. The summed E-state index contributed by atoms with van der Waals surface area (Å²) in [7, 11) is 0. The molecule has 120 valence electrons. The summed E-state index contributed by atoms with van der Waals surface area (Å²) in [4.78, 5) is 24.4. The Morgan fingerprint density at radius 1 is 0.696 bits per heavy atom. The molecule has 1 aliphatic rings. The summed E-state index contributed by atoms with van der Waals surface area (Å²) in [5.41, 5.74) is 2.91. The first-order valence-corrected chi connectivity index (χ1v) is 7.88. The highest BCUT2D eigenvalue weighted by molar-refractivity contribution is 6.21. The second-order valence-corrected chi connectivity index (χ2v) is 8.32. The molecule has 3 heteroatoms. The molecule has 0 amide bonds. The fourth-order valence-corrected chi connectivity index (χ4v) is 2.90. The first-order valence-electron chi connectivity index (χ1n) is 7.88. The zero-order valence-electron chi connectivity index (χ0n) is 14.5. The summed E-state index contributed by atoms with van der Waals surface area (Å²) in [6.45, 7) is 12.6. The van der Waals surface area contributed by atoms with Crippen molar-refractivity contribution in [2.45, 2.75) is 52.4 Å². The molecule has 0 N–H and O–H groups in total. The van der Waals surface area contributed by atoms with Crippen molar-refractivity contribution >= 4 is 22.7 Å². The van der Waals surface area contributed by atoms with E-state index >= 15 is 0 Å². The third kappa shape index (κ3) is 2.54. The fraction of sp³-hybridized carbons (Fsp3) is 0.400. The molecule has 0 unspecified atom stereocenters. The van der Waals surface area contributed by atoms with Gasteiger partial charge in [-0.2, -0.15) is 0 Å². The zero-order chi connectivity index (χ0) is 17.2. The molecule has 0 bridgehead atoms. The topological polar surface area (TPSA) is 43.4 Å². The fourth-order valence-electron chi connectivity index (χ4n) is 2.90. The van der Waals surface area contributed by atoms with Gasteiger partial charge < -0.3 is 4.74 Å². The van der Waals surface area contributed by atoms with Crippen LogP contribution in [0.25, 0.3) is 10.8 Å². The number of carbonyl (C=O) groups is 2. The summed E-state index contributed by atoms with van der Waals surface area (Å²) in [5.74, 6) is -1.11. The summed E-state index contributed by atoms with van der Waals surface area (Å²) >= 11 is 0. The highest BCUT2D eigenvalue weighted by Crippen LogP contribution is 2.37. The van der Waals surface area contributed by atoms with Crippen molar-refractivity contribution in [3.8, 4) is 0 Å². The number of carbonyl (C=O) groups excluding carboxylic acids is 2. The Morgan fingerprint density at radius 3 is 1.43 bits per heavy atom. The summed E-state index contributed by atoms with van der Waals surface area (Å²) < 4.78 is 4.96. The van der Waals surface area contributed by atoms with E-state index in [1.54, 1.807) is 0 Å². The van der Waals surface area contributed by atoms with Crippen LogP contribution in [0.4, 0.5) is 0 Å². The third-order valence-electron chi connectivity index (χ3n) is 4.41. The van der Waals surface area contributed by atoms with Crippen LogP contribution in [0.2, 0.25) is 0 Å². The highest BCUT2D eigenvalue weighted by Gasteiger charge is 2.31. The zero-order valence-corrected chi connectivity index (χ0v) is 14.5. The average Bonchev–Trinajstić information content (AvgIpc) is 2.41. The lowest BCUT2D eigenvalue weighted by molar-refractivity contribution is 0.0391. The van der Waals surface area contributed by atoms with Crippen LogP contribution in [0.15, 0.2) is 24.3 Å². The maximum atomic E-state index is 12.2. The summed E-state index contributed by atoms with van der Waals surface area (Å²) in [6.07, 6.45) is 0. The van der Waals surface area contributed by atoms with E-state index in [0.29, 0.717) is 16.5 Å². The minimum Gasteiger partial charge on any atom is -0.386 e. The predicted octanol–water partition coefficient (Wildman–Crippen LogP) is 4.75. The molecule has 0 spiro atoms. The Labute approximate surface area is 136 Å². The van der Waals surface area contributed by atoms with Gasteiger partial charge in [-0.25, -0.2) is 9.59 Å². The minimum absolute atomic E-state index is 0.0929. The second kappa shape index (κ2) is 4.67. The molecule has 0 saturated carbocycles. The number of rotatable bonds is 0. The van der Waals surface area contributed by atoms with E-state index in [1.165, 1.54) is 0 Å². The predicted molar refractivity (Wildman–Crippen MR) is 91.1 cm³/mol. The van der Waals surface area contributed by atoms with Gasteiger partial charge in [-0.05, 0) is 39.5 Å². The smallest absolute Gasteiger partial charge is 0.346 e. The molecule has 0 aliphatic carbocycles. The van der Waals surface area contributed by atoms with Gasteiger partial charge in [0.2, 0.25) is 0 Å². The maximum absolute atomic E-state index is 12.2. The van der Waals surface area contributed by atoms with Gasteiger partial charge in [0.05, 0.1) is 11.1 Å². The molecular formula is C20H22O3. The first kappa shape index (κ1) is 15.7. The molecule has 1 heterocycles. The molecule has 0 saturated heterocycles. The van der Waals surface area contributed by atoms with Crippen LogP contribution in [0.1, 0.15) is 73.4 Å². The summed E-state index contributed by atoms with van der Waals surface area (Å²) in [5, 5.41) is 1.65. The Kier molecular flexibility index (Phi) is 3.19. The lowest BCUT2D eigenvalue weighted by atomic mass is 9.80. The summed E-state index contributed by atoms with van der Waals surface area (Å²) in [6, 6.07) is 7.89. The standard InChI is InChI=1S/C20H22O3/c1-19(2,3)12-7-11-8-13(20(4,5)6)10-15-16(11)14(9-12)17(21)23-18(15)22/h7-10H,1-6H3. The van der Waals surface area contributed by atoms with Gasteiger partial charge in [0, 0.05) is 5.39 Å². The van der Waals surface area contributed by atoms with Crippen LogP contribution in [0.3, 0.4) is 0 Å². The Balaban J connectivity index is 2.45. The van der Waals surface area contributed by atoms with Gasteiger partial charge in [-0.3, -0.25) is 0 Å². The molecule has 0 aromatic heterocycles. The first-order chi connectivity index (χ1) is 10.5. The second-order valence-electron chi connectivity index (χ2n) is 8.32. The van der Waals surface area contributed by atoms with E-state index in [2.05, 4.69) is 53.7 Å². The van der Waals surface area contributed by atoms with Gasteiger partial charge >= 0.3 is 11.9 Å².